The number of allylic oxidation sites excluding steroid dienone is 2. The topological polar surface area (TPSA) is 0 Å². The molecule has 5 aliphatic carbocycles. The molecule has 2 aromatic rings. The first-order valence-electron chi connectivity index (χ1n) is 8.29. The van der Waals surface area contributed by atoms with E-state index < -0.39 is 0 Å². The van der Waals surface area contributed by atoms with Gasteiger partial charge in [-0.25, -0.2) is 0 Å². The van der Waals surface area contributed by atoms with Crippen molar-refractivity contribution in [2.45, 2.75) is 18.3 Å². The van der Waals surface area contributed by atoms with E-state index in [1.54, 1.807) is 22.3 Å². The molecule has 0 aromatic heterocycles. The number of rotatable bonds is 0. The lowest BCUT2D eigenvalue weighted by Gasteiger charge is -2.51. The summed E-state index contributed by atoms with van der Waals surface area (Å²) >= 11 is 0. The second kappa shape index (κ2) is 3.50. The number of hydrogen-bond donors (Lipinski definition) is 0. The Balaban J connectivity index is 1.70. The molecule has 0 heterocycles. The Labute approximate surface area is 125 Å². The molecule has 0 aliphatic heterocycles. The van der Waals surface area contributed by atoms with Crippen LogP contribution in [0.4, 0.5) is 0 Å². The van der Waals surface area contributed by atoms with Gasteiger partial charge in [-0.05, 0) is 52.3 Å². The van der Waals surface area contributed by atoms with Crippen LogP contribution in [0.25, 0.3) is 0 Å². The summed E-state index contributed by atoms with van der Waals surface area (Å²) < 4.78 is 0. The average Bonchev–Trinajstić information content (AvgIpc) is 3.17. The van der Waals surface area contributed by atoms with Crippen molar-refractivity contribution in [1.29, 1.82) is 0 Å². The van der Waals surface area contributed by atoms with Gasteiger partial charge in [0.15, 0.2) is 0 Å². The first kappa shape index (κ1) is 10.8. The van der Waals surface area contributed by atoms with Crippen molar-refractivity contribution >= 4 is 0 Å². The molecule has 4 atom stereocenters. The maximum atomic E-state index is 2.53. The second-order valence-electron chi connectivity index (χ2n) is 7.32. The maximum absolute atomic E-state index is 2.53. The molecule has 21 heavy (non-hydrogen) atoms. The zero-order valence-corrected chi connectivity index (χ0v) is 11.9. The molecule has 1 fully saturated rings. The molecule has 4 bridgehead atoms. The van der Waals surface area contributed by atoms with Gasteiger partial charge in [-0.15, -0.1) is 0 Å². The first-order chi connectivity index (χ1) is 10.4. The van der Waals surface area contributed by atoms with Crippen molar-refractivity contribution in [1.82, 2.24) is 0 Å². The summed E-state index contributed by atoms with van der Waals surface area (Å²) in [5.74, 6) is 4.66. The highest BCUT2D eigenvalue weighted by Crippen LogP contribution is 2.67. The fourth-order valence-corrected chi connectivity index (χ4v) is 6.16. The predicted molar refractivity (Wildman–Crippen MR) is 84.3 cm³/mol. The van der Waals surface area contributed by atoms with Gasteiger partial charge in [0.1, 0.15) is 0 Å². The molecule has 7 rings (SSSR count). The number of benzene rings is 2. The number of hydrogen-bond acceptors (Lipinski definition) is 0. The van der Waals surface area contributed by atoms with Crippen LogP contribution in [0.15, 0.2) is 60.7 Å². The summed E-state index contributed by atoms with van der Waals surface area (Å²) in [6, 6.07) is 18.5. The Hall–Kier alpha value is -1.82. The van der Waals surface area contributed by atoms with E-state index in [0.29, 0.717) is 11.8 Å². The Morgan fingerprint density at radius 2 is 0.952 bits per heavy atom. The summed E-state index contributed by atoms with van der Waals surface area (Å²) in [6.45, 7) is 0. The third kappa shape index (κ3) is 1.12. The molecule has 5 aliphatic rings. The van der Waals surface area contributed by atoms with Crippen LogP contribution in [-0.2, 0) is 0 Å². The first-order valence-corrected chi connectivity index (χ1v) is 8.29. The van der Waals surface area contributed by atoms with Crippen molar-refractivity contribution in [3.05, 3.63) is 82.9 Å². The van der Waals surface area contributed by atoms with Crippen molar-refractivity contribution in [2.75, 3.05) is 0 Å². The van der Waals surface area contributed by atoms with Crippen LogP contribution in [0.3, 0.4) is 0 Å². The van der Waals surface area contributed by atoms with Gasteiger partial charge in [0.2, 0.25) is 0 Å². The standard InChI is InChI=1S/C21H18/c1-2-6-15-14(5-1)20-16-7-3-4-8-17(16)21(15)19-13-10-9-12(11-13)18(19)20/h1-10,12-13,18-21H,11H2/t12-,13+,18+,19-,20?,21?. The van der Waals surface area contributed by atoms with Crippen molar-refractivity contribution in [3.63, 3.8) is 0 Å². The monoisotopic (exact) mass is 270 g/mol. The van der Waals surface area contributed by atoms with Gasteiger partial charge in [0.25, 0.3) is 0 Å². The lowest BCUT2D eigenvalue weighted by Crippen LogP contribution is -2.41. The van der Waals surface area contributed by atoms with Crippen LogP contribution >= 0.6 is 0 Å². The predicted octanol–water partition coefficient (Wildman–Crippen LogP) is 4.72. The van der Waals surface area contributed by atoms with Crippen LogP contribution in [-0.4, -0.2) is 0 Å². The Morgan fingerprint density at radius 1 is 0.571 bits per heavy atom. The summed E-state index contributed by atoms with van der Waals surface area (Å²) in [5.41, 5.74) is 6.51. The van der Waals surface area contributed by atoms with Crippen molar-refractivity contribution in [3.8, 4) is 0 Å². The van der Waals surface area contributed by atoms with Gasteiger partial charge in [-0.3, -0.25) is 0 Å². The molecule has 102 valence electrons. The molecular weight excluding hydrogens is 252 g/mol. The largest absolute Gasteiger partial charge is 0.0848 e. The molecule has 1 saturated carbocycles. The SMILES string of the molecule is C1=C[C@H]2C[C@@H]1[C@@H]1C3c4ccccc4C(c4ccccc43)[C@@H]12. The highest BCUT2D eigenvalue weighted by molar-refractivity contribution is 5.58. The van der Waals surface area contributed by atoms with E-state index in [9.17, 15) is 0 Å². The van der Waals surface area contributed by atoms with Gasteiger partial charge in [0, 0.05) is 11.8 Å². The van der Waals surface area contributed by atoms with Crippen LogP contribution in [0.1, 0.15) is 40.5 Å². The molecule has 0 nitrogen and oxygen atoms in total. The van der Waals surface area contributed by atoms with Crippen LogP contribution in [0.5, 0.6) is 0 Å². The van der Waals surface area contributed by atoms with Crippen LogP contribution in [0.2, 0.25) is 0 Å². The van der Waals surface area contributed by atoms with Gasteiger partial charge in [0.05, 0.1) is 0 Å². The van der Waals surface area contributed by atoms with Gasteiger partial charge in [-0.2, -0.15) is 0 Å². The Bertz CT molecular complexity index is 673. The van der Waals surface area contributed by atoms with Crippen molar-refractivity contribution in [2.24, 2.45) is 23.7 Å². The van der Waals surface area contributed by atoms with E-state index >= 15 is 0 Å². The minimum atomic E-state index is 0.646. The zero-order chi connectivity index (χ0) is 13.6. The van der Waals surface area contributed by atoms with E-state index in [-0.39, 0.29) is 0 Å². The molecule has 0 N–H and O–H groups in total. The summed E-state index contributed by atoms with van der Waals surface area (Å²) in [6.07, 6.45) is 6.46. The average molecular weight is 270 g/mol. The summed E-state index contributed by atoms with van der Waals surface area (Å²) in [7, 11) is 0. The van der Waals surface area contributed by atoms with E-state index in [2.05, 4.69) is 60.7 Å². The second-order valence-corrected chi connectivity index (χ2v) is 7.32. The zero-order valence-electron chi connectivity index (χ0n) is 11.9. The summed E-state index contributed by atoms with van der Waals surface area (Å²) in [4.78, 5) is 0. The normalized spacial score (nSPS) is 40.0. The van der Waals surface area contributed by atoms with E-state index in [4.69, 9.17) is 0 Å². The Kier molecular flexibility index (Phi) is 1.80. The fraction of sp³-hybridized carbons (Fsp3) is 0.333. The van der Waals surface area contributed by atoms with Crippen molar-refractivity contribution < 1.29 is 0 Å². The quantitative estimate of drug-likeness (QED) is 0.608. The van der Waals surface area contributed by atoms with Gasteiger partial charge < -0.3 is 0 Å². The fourth-order valence-electron chi connectivity index (χ4n) is 6.16. The highest BCUT2D eigenvalue weighted by atomic mass is 14.6. The Morgan fingerprint density at radius 3 is 1.33 bits per heavy atom. The third-order valence-corrected chi connectivity index (χ3v) is 6.69. The van der Waals surface area contributed by atoms with E-state index in [1.165, 1.54) is 6.42 Å². The molecule has 0 spiro atoms. The van der Waals surface area contributed by atoms with Gasteiger partial charge >= 0.3 is 0 Å². The van der Waals surface area contributed by atoms with E-state index in [0.717, 1.165) is 23.7 Å². The number of fused-ring (bicyclic) bond motifs is 2. The maximum Gasteiger partial charge on any atom is 0.0132 e. The molecule has 0 unspecified atom stereocenters. The lowest BCUT2D eigenvalue weighted by molar-refractivity contribution is 0.214. The van der Waals surface area contributed by atoms with Crippen LogP contribution < -0.4 is 0 Å². The van der Waals surface area contributed by atoms with Crippen LogP contribution in [0, 0.1) is 23.7 Å². The molecule has 0 heteroatoms. The minimum absolute atomic E-state index is 0.646. The molecule has 0 amide bonds. The van der Waals surface area contributed by atoms with E-state index in [1.807, 2.05) is 0 Å². The molecule has 0 saturated heterocycles. The highest BCUT2D eigenvalue weighted by Gasteiger charge is 2.58. The smallest absolute Gasteiger partial charge is 0.0132 e. The molecule has 2 aromatic carbocycles. The lowest BCUT2D eigenvalue weighted by atomic mass is 9.52. The third-order valence-electron chi connectivity index (χ3n) is 6.69. The minimum Gasteiger partial charge on any atom is -0.0848 e. The molecule has 0 radical (unpaired) electrons. The molecular formula is C21H18. The summed E-state index contributed by atoms with van der Waals surface area (Å²) in [5, 5.41) is 0. The van der Waals surface area contributed by atoms with Gasteiger partial charge in [-0.1, -0.05) is 60.7 Å².